The minimum Gasteiger partial charge on any atom is -0.474 e. The van der Waals surface area contributed by atoms with Crippen LogP contribution in [-0.4, -0.2) is 82.5 Å². The Morgan fingerprint density at radius 3 is 2.71 bits per heavy atom. The molecule has 0 bridgehead atoms. The van der Waals surface area contributed by atoms with E-state index in [0.717, 1.165) is 12.4 Å². The number of H-pyrrole nitrogens is 1. The van der Waals surface area contributed by atoms with Gasteiger partial charge in [-0.2, -0.15) is 36.4 Å². The number of ether oxygens (including phenoxy) is 2. The highest BCUT2D eigenvalue weighted by Gasteiger charge is 2.40. The maximum atomic E-state index is 13.1. The molecule has 2 aromatic rings. The number of halogens is 6. The molecule has 1 fully saturated rings. The van der Waals surface area contributed by atoms with Crippen LogP contribution in [0.25, 0.3) is 0 Å². The second-order valence-electron chi connectivity index (χ2n) is 8.74. The number of fused-ring (bicyclic) bond motifs is 3. The van der Waals surface area contributed by atoms with Gasteiger partial charge in [-0.1, -0.05) is 0 Å². The summed E-state index contributed by atoms with van der Waals surface area (Å²) in [5, 5.41) is 7.68. The number of nitrogens with one attached hydrogen (secondary N) is 2. The lowest BCUT2D eigenvalue weighted by Gasteiger charge is -2.44. The SMILES string of the molecule is C[C@@H](COCCC(=O)N1CCN2c3cnc(C(F)(F)F)nc3OC[C@@H]2C1)Nc1cn[nH]c(=O)c1C(F)(F)F. The van der Waals surface area contributed by atoms with Crippen molar-refractivity contribution in [2.24, 2.45) is 0 Å². The van der Waals surface area contributed by atoms with Gasteiger partial charge < -0.3 is 24.6 Å². The zero-order valence-corrected chi connectivity index (χ0v) is 19.9. The molecule has 2 aliphatic heterocycles. The minimum atomic E-state index is -4.87. The predicted octanol–water partition coefficient (Wildman–Crippen LogP) is 1.91. The fourth-order valence-electron chi connectivity index (χ4n) is 4.19. The van der Waals surface area contributed by atoms with Gasteiger partial charge in [-0.05, 0) is 6.92 Å². The van der Waals surface area contributed by atoms with E-state index in [4.69, 9.17) is 9.47 Å². The quantitative estimate of drug-likeness (QED) is 0.392. The Kier molecular flexibility index (Phi) is 7.66. The Morgan fingerprint density at radius 2 is 2.00 bits per heavy atom. The highest BCUT2D eigenvalue weighted by molar-refractivity contribution is 5.77. The Labute approximate surface area is 211 Å². The number of nitrogens with zero attached hydrogens (tertiary/aromatic N) is 5. The van der Waals surface area contributed by atoms with Crippen molar-refractivity contribution in [1.29, 1.82) is 0 Å². The molecule has 1 saturated heterocycles. The number of carbonyl (C=O) groups is 1. The number of aromatic nitrogens is 4. The first kappa shape index (κ1) is 27.4. The van der Waals surface area contributed by atoms with Gasteiger partial charge in [0.25, 0.3) is 5.56 Å². The molecule has 38 heavy (non-hydrogen) atoms. The van der Waals surface area contributed by atoms with Crippen LogP contribution in [0.15, 0.2) is 17.2 Å². The predicted molar refractivity (Wildman–Crippen MR) is 119 cm³/mol. The van der Waals surface area contributed by atoms with Gasteiger partial charge in [0, 0.05) is 25.7 Å². The van der Waals surface area contributed by atoms with Gasteiger partial charge in [0.2, 0.25) is 17.6 Å². The first-order valence-corrected chi connectivity index (χ1v) is 11.4. The summed E-state index contributed by atoms with van der Waals surface area (Å²) in [5.41, 5.74) is -2.92. The normalized spacial score (nSPS) is 18.3. The summed E-state index contributed by atoms with van der Waals surface area (Å²) in [6.45, 7) is 2.47. The number of amides is 1. The van der Waals surface area contributed by atoms with Crippen molar-refractivity contribution in [2.75, 3.05) is 49.7 Å². The van der Waals surface area contributed by atoms with Gasteiger partial charge >= 0.3 is 12.4 Å². The van der Waals surface area contributed by atoms with Crippen molar-refractivity contribution in [3.8, 4) is 5.88 Å². The number of hydrogen-bond acceptors (Lipinski definition) is 9. The van der Waals surface area contributed by atoms with Gasteiger partial charge in [-0.3, -0.25) is 9.59 Å². The van der Waals surface area contributed by atoms with Crippen LogP contribution < -0.4 is 20.5 Å². The van der Waals surface area contributed by atoms with E-state index in [0.29, 0.717) is 18.8 Å². The molecule has 4 rings (SSSR count). The van der Waals surface area contributed by atoms with E-state index < -0.39 is 41.0 Å². The molecular formula is C21H23F6N7O4. The molecule has 4 heterocycles. The standard InChI is InChI=1S/C21H23F6N7O4/c1-11(30-13-6-29-32-17(36)16(13)20(22,23)24)9-37-5-2-15(35)33-3-4-34-12(8-33)10-38-18-14(34)7-28-19(31-18)21(25,26)27/h6-7,11-12H,2-5,8-10H2,1H3,(H2,30,32,36)/t11-,12-/m0/s1. The third kappa shape index (κ3) is 6.08. The van der Waals surface area contributed by atoms with Crippen molar-refractivity contribution in [3.63, 3.8) is 0 Å². The number of rotatable bonds is 7. The lowest BCUT2D eigenvalue weighted by molar-refractivity contribution is -0.145. The molecule has 2 atom stereocenters. The van der Waals surface area contributed by atoms with Crippen LogP contribution in [0.4, 0.5) is 37.7 Å². The second-order valence-corrected chi connectivity index (χ2v) is 8.74. The lowest BCUT2D eigenvalue weighted by atomic mass is 10.1. The molecular weight excluding hydrogens is 528 g/mol. The zero-order chi connectivity index (χ0) is 27.7. The molecule has 208 valence electrons. The highest BCUT2D eigenvalue weighted by Crippen LogP contribution is 2.36. The summed E-state index contributed by atoms with van der Waals surface area (Å²) in [6, 6.07) is -0.922. The van der Waals surface area contributed by atoms with Crippen molar-refractivity contribution in [2.45, 2.75) is 37.8 Å². The van der Waals surface area contributed by atoms with Crippen molar-refractivity contribution < 1.29 is 40.6 Å². The summed E-state index contributed by atoms with van der Waals surface area (Å²) in [4.78, 5) is 34.4. The topological polar surface area (TPSA) is 126 Å². The number of aromatic amines is 1. The molecule has 0 aromatic carbocycles. The first-order chi connectivity index (χ1) is 17.8. The Balaban J connectivity index is 1.24. The monoisotopic (exact) mass is 551 g/mol. The Morgan fingerprint density at radius 1 is 1.24 bits per heavy atom. The van der Waals surface area contributed by atoms with Gasteiger partial charge in [-0.25, -0.2) is 10.1 Å². The summed E-state index contributed by atoms with van der Waals surface area (Å²) in [7, 11) is 0. The zero-order valence-electron chi connectivity index (χ0n) is 19.9. The third-order valence-corrected chi connectivity index (χ3v) is 5.92. The van der Waals surface area contributed by atoms with Gasteiger partial charge in [0.1, 0.15) is 17.9 Å². The molecule has 0 unspecified atom stereocenters. The van der Waals surface area contributed by atoms with E-state index in [1.54, 1.807) is 16.9 Å². The summed E-state index contributed by atoms with van der Waals surface area (Å²) < 4.78 is 88.9. The average Bonchev–Trinajstić information content (AvgIpc) is 2.84. The number of anilines is 2. The van der Waals surface area contributed by atoms with E-state index in [9.17, 15) is 35.9 Å². The number of piperazine rings is 1. The number of alkyl halides is 6. The third-order valence-electron chi connectivity index (χ3n) is 5.92. The molecule has 2 N–H and O–H groups in total. The van der Waals surface area contributed by atoms with Crippen molar-refractivity contribution in [1.82, 2.24) is 25.1 Å². The van der Waals surface area contributed by atoms with Gasteiger partial charge in [0.15, 0.2) is 0 Å². The van der Waals surface area contributed by atoms with Crippen molar-refractivity contribution in [3.05, 3.63) is 34.1 Å². The average molecular weight is 551 g/mol. The Hall–Kier alpha value is -3.63. The van der Waals surface area contributed by atoms with Crippen LogP contribution in [0.3, 0.4) is 0 Å². The fourth-order valence-corrected chi connectivity index (χ4v) is 4.19. The van der Waals surface area contributed by atoms with Crippen LogP contribution in [0.5, 0.6) is 5.88 Å². The van der Waals surface area contributed by atoms with Crippen LogP contribution in [-0.2, 0) is 21.9 Å². The largest absolute Gasteiger partial charge is 0.474 e. The summed E-state index contributed by atoms with van der Waals surface area (Å²) in [6.07, 6.45) is -7.63. The molecule has 0 spiro atoms. The fraction of sp³-hybridized carbons (Fsp3) is 0.571. The number of hydrogen-bond donors (Lipinski definition) is 2. The van der Waals surface area contributed by atoms with Gasteiger partial charge in [-0.15, -0.1) is 0 Å². The van der Waals surface area contributed by atoms with Crippen LogP contribution >= 0.6 is 0 Å². The summed E-state index contributed by atoms with van der Waals surface area (Å²) in [5.74, 6) is -1.67. The van der Waals surface area contributed by atoms with E-state index >= 15 is 0 Å². The minimum absolute atomic E-state index is 0.00286. The smallest absolute Gasteiger partial charge is 0.451 e. The van der Waals surface area contributed by atoms with Crippen molar-refractivity contribution >= 4 is 17.3 Å². The molecule has 0 aliphatic carbocycles. The van der Waals surface area contributed by atoms with Gasteiger partial charge in [0.05, 0.1) is 43.8 Å². The Bertz CT molecular complexity index is 1220. The van der Waals surface area contributed by atoms with Crippen LogP contribution in [0.1, 0.15) is 24.7 Å². The second kappa shape index (κ2) is 10.6. The maximum Gasteiger partial charge on any atom is 0.451 e. The highest BCUT2D eigenvalue weighted by atomic mass is 19.4. The van der Waals surface area contributed by atoms with Crippen LogP contribution in [0, 0.1) is 0 Å². The van der Waals surface area contributed by atoms with E-state index in [1.165, 1.54) is 0 Å². The lowest BCUT2D eigenvalue weighted by Crippen LogP contribution is -2.58. The molecule has 17 heteroatoms. The molecule has 11 nitrogen and oxygen atoms in total. The molecule has 0 radical (unpaired) electrons. The summed E-state index contributed by atoms with van der Waals surface area (Å²) >= 11 is 0. The number of carbonyl (C=O) groups excluding carboxylic acids is 1. The maximum absolute atomic E-state index is 13.1. The van der Waals surface area contributed by atoms with Crippen LogP contribution in [0.2, 0.25) is 0 Å². The van der Waals surface area contributed by atoms with E-state index in [1.807, 2.05) is 4.90 Å². The molecule has 1 amide bonds. The van der Waals surface area contributed by atoms with E-state index in [2.05, 4.69) is 20.4 Å². The molecule has 0 saturated carbocycles. The first-order valence-electron chi connectivity index (χ1n) is 11.4. The van der Waals surface area contributed by atoms with E-state index in [-0.39, 0.29) is 50.6 Å². The molecule has 2 aliphatic rings. The molecule has 2 aromatic heterocycles.